The first kappa shape index (κ1) is 22.5. The Morgan fingerprint density at radius 3 is 1.69 bits per heavy atom. The van der Waals surface area contributed by atoms with Crippen molar-refractivity contribution < 1.29 is 14.8 Å². The van der Waals surface area contributed by atoms with E-state index in [1.54, 1.807) is 0 Å². The van der Waals surface area contributed by atoms with Crippen LogP contribution in [0.5, 0.6) is 0 Å². The predicted molar refractivity (Wildman–Crippen MR) is 138 cm³/mol. The van der Waals surface area contributed by atoms with Crippen LogP contribution >= 0.6 is 0 Å². The summed E-state index contributed by atoms with van der Waals surface area (Å²) in [7, 11) is 1.86. The summed E-state index contributed by atoms with van der Waals surface area (Å²) in [6.07, 6.45) is 0. The predicted octanol–water partition coefficient (Wildman–Crippen LogP) is 5.52. The summed E-state index contributed by atoms with van der Waals surface area (Å²) in [6.45, 7) is -0.332. The minimum atomic E-state index is -0.172. The van der Waals surface area contributed by atoms with Crippen LogP contribution < -0.4 is 4.57 Å². The van der Waals surface area contributed by atoms with Crippen molar-refractivity contribution in [3.63, 3.8) is 0 Å². The highest BCUT2D eigenvalue weighted by molar-refractivity contribution is 5.87. The molecule has 0 saturated carbocycles. The van der Waals surface area contributed by atoms with E-state index in [4.69, 9.17) is 0 Å². The van der Waals surface area contributed by atoms with E-state index in [2.05, 4.69) is 48.5 Å². The minimum Gasteiger partial charge on any atom is -0.392 e. The van der Waals surface area contributed by atoms with Crippen LogP contribution in [0.15, 0.2) is 97.1 Å². The monoisotopic (exact) mass is 457 g/mol. The number of aliphatic hydroxyl groups excluding tert-OH is 2. The molecule has 0 amide bonds. The molecule has 4 heteroatoms. The average Bonchev–Trinajstić information content (AvgIpc) is 2.93. The Hall–Kier alpha value is -4.30. The van der Waals surface area contributed by atoms with Gasteiger partial charge in [-0.05, 0) is 69.3 Å². The van der Waals surface area contributed by atoms with Gasteiger partial charge in [-0.3, -0.25) is 0 Å². The number of aryl methyl sites for hydroxylation is 1. The Morgan fingerprint density at radius 1 is 0.657 bits per heavy atom. The lowest BCUT2D eigenvalue weighted by atomic mass is 9.92. The number of pyridine rings is 1. The fourth-order valence-electron chi connectivity index (χ4n) is 4.65. The topological polar surface area (TPSA) is 68.1 Å². The van der Waals surface area contributed by atoms with Crippen molar-refractivity contribution in [1.29, 1.82) is 5.26 Å². The van der Waals surface area contributed by atoms with Gasteiger partial charge in [0.15, 0.2) is 6.07 Å². The summed E-state index contributed by atoms with van der Waals surface area (Å²) in [6, 6.07) is 35.0. The van der Waals surface area contributed by atoms with Gasteiger partial charge in [0.2, 0.25) is 5.52 Å². The lowest BCUT2D eigenvalue weighted by molar-refractivity contribution is -0.647. The lowest BCUT2D eigenvalue weighted by Gasteiger charge is -2.13. The highest BCUT2D eigenvalue weighted by atomic mass is 16.3. The van der Waals surface area contributed by atoms with Crippen LogP contribution in [0.25, 0.3) is 44.3 Å². The van der Waals surface area contributed by atoms with E-state index in [1.165, 1.54) is 0 Å². The van der Waals surface area contributed by atoms with Gasteiger partial charge in [-0.2, -0.15) is 9.83 Å². The zero-order valence-corrected chi connectivity index (χ0v) is 19.4. The molecule has 0 atom stereocenters. The number of nitrogens with zero attached hydrogens (tertiary/aromatic N) is 2. The highest BCUT2D eigenvalue weighted by Gasteiger charge is 2.22. The zero-order valence-electron chi connectivity index (χ0n) is 19.4. The van der Waals surface area contributed by atoms with E-state index in [0.29, 0.717) is 16.8 Å². The van der Waals surface area contributed by atoms with Gasteiger partial charge < -0.3 is 10.2 Å². The molecule has 4 nitrogen and oxygen atoms in total. The van der Waals surface area contributed by atoms with Crippen molar-refractivity contribution in [3.8, 4) is 39.4 Å². The van der Waals surface area contributed by atoms with Crippen molar-refractivity contribution in [2.24, 2.45) is 7.05 Å². The smallest absolute Gasteiger partial charge is 0.291 e. The number of fused-ring (bicyclic) bond motifs is 1. The molecule has 0 aliphatic carbocycles. The first-order chi connectivity index (χ1) is 17.1. The molecule has 1 heterocycles. The van der Waals surface area contributed by atoms with E-state index >= 15 is 0 Å². The molecule has 2 N–H and O–H groups in total. The second-order valence-corrected chi connectivity index (χ2v) is 8.60. The summed E-state index contributed by atoms with van der Waals surface area (Å²) < 4.78 is 1.86. The molecule has 0 aliphatic rings. The van der Waals surface area contributed by atoms with E-state index in [-0.39, 0.29) is 13.2 Å². The summed E-state index contributed by atoms with van der Waals surface area (Å²) in [5, 5.41) is 30.6. The van der Waals surface area contributed by atoms with Crippen molar-refractivity contribution in [2.75, 3.05) is 0 Å². The van der Waals surface area contributed by atoms with Crippen LogP contribution in [0.3, 0.4) is 0 Å². The molecule has 0 spiro atoms. The van der Waals surface area contributed by atoms with Crippen LogP contribution in [-0.2, 0) is 20.3 Å². The largest absolute Gasteiger partial charge is 0.392 e. The number of nitriles is 1. The van der Waals surface area contributed by atoms with E-state index < -0.39 is 0 Å². The molecule has 0 radical (unpaired) electrons. The summed E-state index contributed by atoms with van der Waals surface area (Å²) in [4.78, 5) is 0. The van der Waals surface area contributed by atoms with Crippen LogP contribution in [0, 0.1) is 11.3 Å². The van der Waals surface area contributed by atoms with Crippen LogP contribution in [0.2, 0.25) is 0 Å². The molecular weight excluding hydrogens is 432 g/mol. The summed E-state index contributed by atoms with van der Waals surface area (Å²) in [5.41, 5.74) is 8.80. The number of hydrogen-bond acceptors (Lipinski definition) is 3. The number of aliphatic hydroxyl groups is 2. The molecule has 5 aromatic rings. The second kappa shape index (κ2) is 9.52. The maximum absolute atomic E-state index is 10.2. The third kappa shape index (κ3) is 4.20. The van der Waals surface area contributed by atoms with E-state index in [0.717, 1.165) is 44.3 Å². The SMILES string of the molecule is C[n+]1c(C#N)c(-c2cc(-c3ccccc3)cc(-c3ccccc3)c2)cc2cc(CO)c(CO)cc21. The van der Waals surface area contributed by atoms with Crippen molar-refractivity contribution in [2.45, 2.75) is 13.2 Å². The molecular formula is C31H25N2O2+. The molecule has 170 valence electrons. The Morgan fingerprint density at radius 2 is 1.17 bits per heavy atom. The quantitative estimate of drug-likeness (QED) is 0.342. The Balaban J connectivity index is 1.81. The van der Waals surface area contributed by atoms with Gasteiger partial charge in [-0.25, -0.2) is 0 Å². The van der Waals surface area contributed by atoms with Gasteiger partial charge in [-0.1, -0.05) is 60.7 Å². The molecule has 0 aliphatic heterocycles. The summed E-state index contributed by atoms with van der Waals surface area (Å²) >= 11 is 0. The zero-order chi connectivity index (χ0) is 24.4. The molecule has 4 aromatic carbocycles. The third-order valence-corrected chi connectivity index (χ3v) is 6.51. The van der Waals surface area contributed by atoms with Crippen molar-refractivity contribution in [3.05, 3.63) is 114 Å². The van der Waals surface area contributed by atoms with Gasteiger partial charge in [0, 0.05) is 11.5 Å². The van der Waals surface area contributed by atoms with Gasteiger partial charge in [0.1, 0.15) is 7.05 Å². The van der Waals surface area contributed by atoms with E-state index in [1.807, 2.05) is 66.2 Å². The van der Waals surface area contributed by atoms with Gasteiger partial charge in [-0.15, -0.1) is 0 Å². The molecule has 0 unspecified atom stereocenters. The van der Waals surface area contributed by atoms with Crippen LogP contribution in [0.4, 0.5) is 0 Å². The molecule has 0 fully saturated rings. The maximum Gasteiger partial charge on any atom is 0.291 e. The Kier molecular flexibility index (Phi) is 6.12. The summed E-state index contributed by atoms with van der Waals surface area (Å²) in [5.74, 6) is 0. The maximum atomic E-state index is 10.2. The second-order valence-electron chi connectivity index (χ2n) is 8.60. The standard InChI is InChI=1S/C31H25N2O2/c1-33-30-17-28(20-35)27(19-34)15-26(30)16-29(31(33)18-32)25-13-23(21-8-4-2-5-9-21)12-24(14-25)22-10-6-3-7-11-22/h2-17,34-35H,19-20H2,1H3/q+1. The highest BCUT2D eigenvalue weighted by Crippen LogP contribution is 2.35. The minimum absolute atomic E-state index is 0.160. The number of benzene rings is 4. The van der Waals surface area contributed by atoms with Crippen molar-refractivity contribution in [1.82, 2.24) is 0 Å². The van der Waals surface area contributed by atoms with Crippen LogP contribution in [-0.4, -0.2) is 10.2 Å². The van der Waals surface area contributed by atoms with Gasteiger partial charge in [0.05, 0.1) is 18.8 Å². The van der Waals surface area contributed by atoms with E-state index in [9.17, 15) is 15.5 Å². The number of rotatable bonds is 5. The molecule has 1 aromatic heterocycles. The first-order valence-corrected chi connectivity index (χ1v) is 11.5. The first-order valence-electron chi connectivity index (χ1n) is 11.5. The lowest BCUT2D eigenvalue weighted by Crippen LogP contribution is -2.34. The Bertz CT molecular complexity index is 1510. The Labute approximate surface area is 204 Å². The van der Waals surface area contributed by atoms with Gasteiger partial charge in [0.25, 0.3) is 5.69 Å². The third-order valence-electron chi connectivity index (χ3n) is 6.51. The fourth-order valence-corrected chi connectivity index (χ4v) is 4.65. The molecule has 0 bridgehead atoms. The van der Waals surface area contributed by atoms with Crippen molar-refractivity contribution >= 4 is 10.9 Å². The molecule has 35 heavy (non-hydrogen) atoms. The van der Waals surface area contributed by atoms with Gasteiger partial charge >= 0.3 is 0 Å². The number of hydrogen-bond donors (Lipinski definition) is 2. The normalized spacial score (nSPS) is 10.9. The average molecular weight is 458 g/mol. The fraction of sp³-hybridized carbons (Fsp3) is 0.0968. The molecule has 5 rings (SSSR count). The van der Waals surface area contributed by atoms with Crippen LogP contribution in [0.1, 0.15) is 16.8 Å². The number of aromatic nitrogens is 1. The molecule has 0 saturated heterocycles.